The fraction of sp³-hybridized carbons (Fsp3) is 1.00. The minimum atomic E-state index is 0.735. The summed E-state index contributed by atoms with van der Waals surface area (Å²) in [5.41, 5.74) is 0.735. The van der Waals surface area contributed by atoms with Crippen LogP contribution in [0, 0.1) is 23.2 Å². The third-order valence-corrected chi connectivity index (χ3v) is 5.94. The van der Waals surface area contributed by atoms with Crippen molar-refractivity contribution in [1.82, 2.24) is 4.90 Å². The molecule has 4 atom stereocenters. The monoisotopic (exact) mass is 235 g/mol. The summed E-state index contributed by atoms with van der Waals surface area (Å²) in [4.78, 5) is 2.69. The zero-order valence-corrected chi connectivity index (χ0v) is 11.8. The van der Waals surface area contributed by atoms with E-state index in [2.05, 4.69) is 18.7 Å². The first-order valence-corrected chi connectivity index (χ1v) is 7.95. The predicted molar refractivity (Wildman–Crippen MR) is 73.0 cm³/mol. The lowest BCUT2D eigenvalue weighted by Crippen LogP contribution is -2.45. The van der Waals surface area contributed by atoms with E-state index in [0.717, 1.165) is 23.2 Å². The van der Waals surface area contributed by atoms with Crippen molar-refractivity contribution >= 4 is 0 Å². The van der Waals surface area contributed by atoms with Gasteiger partial charge in [-0.3, -0.25) is 0 Å². The van der Waals surface area contributed by atoms with E-state index in [-0.39, 0.29) is 0 Å². The summed E-state index contributed by atoms with van der Waals surface area (Å²) >= 11 is 0. The molecule has 0 spiro atoms. The molecule has 4 aliphatic rings. The van der Waals surface area contributed by atoms with Crippen LogP contribution in [0.25, 0.3) is 0 Å². The maximum atomic E-state index is 2.69. The van der Waals surface area contributed by atoms with Crippen LogP contribution in [-0.4, -0.2) is 24.5 Å². The lowest BCUT2D eigenvalue weighted by atomic mass is 9.58. The summed E-state index contributed by atoms with van der Waals surface area (Å²) in [6.07, 6.45) is 11.0. The van der Waals surface area contributed by atoms with E-state index in [9.17, 15) is 0 Å². The first kappa shape index (κ1) is 12.0. The average molecular weight is 235 g/mol. The quantitative estimate of drug-likeness (QED) is 0.713. The van der Waals surface area contributed by atoms with Gasteiger partial charge in [-0.15, -0.1) is 0 Å². The Kier molecular flexibility index (Phi) is 3.23. The van der Waals surface area contributed by atoms with Crippen LogP contribution in [0.3, 0.4) is 0 Å². The van der Waals surface area contributed by atoms with Crippen molar-refractivity contribution in [3.05, 3.63) is 0 Å². The maximum Gasteiger partial charge on any atom is 0.00380 e. The Hall–Kier alpha value is -0.0400. The van der Waals surface area contributed by atoms with Crippen molar-refractivity contribution in [2.45, 2.75) is 58.8 Å². The van der Waals surface area contributed by atoms with Gasteiger partial charge in [0.05, 0.1) is 0 Å². The molecule has 98 valence electrons. The number of hydrogen-bond donors (Lipinski definition) is 0. The van der Waals surface area contributed by atoms with E-state index >= 15 is 0 Å². The molecule has 0 radical (unpaired) electrons. The Labute approximate surface area is 107 Å². The van der Waals surface area contributed by atoms with Crippen molar-refractivity contribution in [3.63, 3.8) is 0 Å². The lowest BCUT2D eigenvalue weighted by molar-refractivity contribution is 0.00574. The standard InChI is InChI=1S/C16H29N/c1-3-17(4-2)12-16-9-13-5-6-14(10-16)8-15(7-13)11-16/h13-15H,3-12H2,1-2H3/t13-,14+,15?,16?. The number of rotatable bonds is 4. The summed E-state index contributed by atoms with van der Waals surface area (Å²) in [6.45, 7) is 8.57. The first-order valence-electron chi connectivity index (χ1n) is 7.95. The molecule has 4 bridgehead atoms. The first-order chi connectivity index (χ1) is 8.23. The molecule has 0 saturated heterocycles. The highest BCUT2D eigenvalue weighted by Crippen LogP contribution is 2.57. The topological polar surface area (TPSA) is 3.24 Å². The molecule has 4 aliphatic carbocycles. The van der Waals surface area contributed by atoms with Gasteiger partial charge in [0, 0.05) is 6.54 Å². The summed E-state index contributed by atoms with van der Waals surface area (Å²) in [7, 11) is 0. The lowest BCUT2D eigenvalue weighted by Gasteiger charge is -2.50. The van der Waals surface area contributed by atoms with Crippen LogP contribution in [0.2, 0.25) is 0 Å². The molecular weight excluding hydrogens is 206 g/mol. The minimum Gasteiger partial charge on any atom is -0.303 e. The van der Waals surface area contributed by atoms with Crippen molar-refractivity contribution < 1.29 is 0 Å². The van der Waals surface area contributed by atoms with E-state index in [1.807, 2.05) is 0 Å². The molecule has 1 nitrogen and oxygen atoms in total. The highest BCUT2D eigenvalue weighted by atomic mass is 15.1. The molecule has 2 unspecified atom stereocenters. The minimum absolute atomic E-state index is 0.735. The van der Waals surface area contributed by atoms with Gasteiger partial charge in [0.15, 0.2) is 0 Å². The Morgan fingerprint density at radius 2 is 1.41 bits per heavy atom. The molecule has 0 aromatic heterocycles. The predicted octanol–water partition coefficient (Wildman–Crippen LogP) is 3.93. The summed E-state index contributed by atoms with van der Waals surface area (Å²) < 4.78 is 0. The molecule has 0 amide bonds. The normalized spacial score (nSPS) is 44.3. The van der Waals surface area contributed by atoms with Gasteiger partial charge in [-0.1, -0.05) is 26.7 Å². The SMILES string of the molecule is CCN(CC)CC12CC3C[C@@H](CC[C@@H](C3)C1)C2. The Morgan fingerprint density at radius 3 is 1.94 bits per heavy atom. The Bertz CT molecular complexity index is 253. The van der Waals surface area contributed by atoms with Gasteiger partial charge in [-0.2, -0.15) is 0 Å². The zero-order valence-electron chi connectivity index (χ0n) is 11.8. The second kappa shape index (κ2) is 4.57. The summed E-state index contributed by atoms with van der Waals surface area (Å²) in [6, 6.07) is 0. The van der Waals surface area contributed by atoms with Crippen molar-refractivity contribution in [2.24, 2.45) is 23.2 Å². The molecule has 0 heterocycles. The molecule has 0 N–H and O–H groups in total. The highest BCUT2D eigenvalue weighted by molar-refractivity contribution is 5.00. The number of fused-ring (bicyclic) bond motifs is 1. The molecule has 0 aliphatic heterocycles. The highest BCUT2D eigenvalue weighted by Gasteiger charge is 2.48. The number of nitrogens with zero attached hydrogens (tertiary/aromatic N) is 1. The Balaban J connectivity index is 1.77. The molecule has 4 saturated carbocycles. The average Bonchev–Trinajstić information content (AvgIpc) is 2.52. The molecule has 0 aromatic carbocycles. The van der Waals surface area contributed by atoms with Gasteiger partial charge in [0.1, 0.15) is 0 Å². The fourth-order valence-electron chi connectivity index (χ4n) is 5.49. The second-order valence-electron chi connectivity index (χ2n) is 7.22. The fourth-order valence-corrected chi connectivity index (χ4v) is 5.49. The van der Waals surface area contributed by atoms with Gasteiger partial charge in [-0.05, 0) is 68.4 Å². The van der Waals surface area contributed by atoms with Crippen molar-refractivity contribution in [2.75, 3.05) is 19.6 Å². The van der Waals surface area contributed by atoms with Gasteiger partial charge in [0.25, 0.3) is 0 Å². The van der Waals surface area contributed by atoms with E-state index in [1.165, 1.54) is 19.6 Å². The molecular formula is C16H29N. The van der Waals surface area contributed by atoms with Gasteiger partial charge in [-0.25, -0.2) is 0 Å². The zero-order chi connectivity index (χ0) is 11.9. The van der Waals surface area contributed by atoms with Crippen molar-refractivity contribution in [3.8, 4) is 0 Å². The van der Waals surface area contributed by atoms with Gasteiger partial charge < -0.3 is 4.90 Å². The Morgan fingerprint density at radius 1 is 0.882 bits per heavy atom. The van der Waals surface area contributed by atoms with Crippen LogP contribution in [0.5, 0.6) is 0 Å². The van der Waals surface area contributed by atoms with Crippen LogP contribution in [-0.2, 0) is 0 Å². The van der Waals surface area contributed by atoms with Gasteiger partial charge in [0.2, 0.25) is 0 Å². The molecule has 1 heteroatoms. The summed E-state index contributed by atoms with van der Waals surface area (Å²) in [5.74, 6) is 3.29. The van der Waals surface area contributed by atoms with E-state index in [0.29, 0.717) is 0 Å². The third kappa shape index (κ3) is 2.28. The largest absolute Gasteiger partial charge is 0.303 e. The van der Waals surface area contributed by atoms with E-state index in [1.54, 1.807) is 44.9 Å². The maximum absolute atomic E-state index is 2.69. The van der Waals surface area contributed by atoms with E-state index in [4.69, 9.17) is 0 Å². The van der Waals surface area contributed by atoms with Gasteiger partial charge >= 0.3 is 0 Å². The second-order valence-corrected chi connectivity index (χ2v) is 7.22. The molecule has 17 heavy (non-hydrogen) atoms. The van der Waals surface area contributed by atoms with Crippen LogP contribution < -0.4 is 0 Å². The third-order valence-electron chi connectivity index (χ3n) is 5.94. The summed E-state index contributed by atoms with van der Waals surface area (Å²) in [5, 5.41) is 0. The van der Waals surface area contributed by atoms with Crippen LogP contribution in [0.15, 0.2) is 0 Å². The number of hydrogen-bond acceptors (Lipinski definition) is 1. The molecule has 0 aromatic rings. The molecule has 4 fully saturated rings. The molecule has 4 rings (SSSR count). The van der Waals surface area contributed by atoms with Crippen LogP contribution >= 0.6 is 0 Å². The van der Waals surface area contributed by atoms with Crippen LogP contribution in [0.1, 0.15) is 58.8 Å². The van der Waals surface area contributed by atoms with Crippen LogP contribution in [0.4, 0.5) is 0 Å². The smallest absolute Gasteiger partial charge is 0.00380 e. The van der Waals surface area contributed by atoms with E-state index < -0.39 is 0 Å². The van der Waals surface area contributed by atoms with Crippen molar-refractivity contribution in [1.29, 1.82) is 0 Å².